The molecule has 0 saturated carbocycles. The van der Waals surface area contributed by atoms with Gasteiger partial charge in [0.1, 0.15) is 17.9 Å². The standard InChI is InChI=1S/C22H19FN6O3/c1-2-30-22-25-6-12(7-26-22)14-5-18-21(29-11-27-28-20(14)29)24-8-15-16(23)3-4-17-19(15)13(9-31-17)10-32-18/h3-7,11,13,24H,2,8-10H2,1H3/t13-/m0/s1. The molecule has 162 valence electrons. The predicted molar refractivity (Wildman–Crippen MR) is 113 cm³/mol. The van der Waals surface area contributed by atoms with Crippen molar-refractivity contribution in [1.29, 1.82) is 0 Å². The highest BCUT2D eigenvalue weighted by atomic mass is 19.1. The van der Waals surface area contributed by atoms with Crippen molar-refractivity contribution in [3.8, 4) is 28.6 Å². The lowest BCUT2D eigenvalue weighted by Gasteiger charge is -2.16. The molecule has 0 bridgehead atoms. The van der Waals surface area contributed by atoms with E-state index in [1.54, 1.807) is 29.2 Å². The third-order valence-corrected chi connectivity index (χ3v) is 5.73. The number of halogens is 1. The van der Waals surface area contributed by atoms with E-state index < -0.39 is 0 Å². The molecule has 0 fully saturated rings. The monoisotopic (exact) mass is 434 g/mol. The Morgan fingerprint density at radius 1 is 1.19 bits per heavy atom. The lowest BCUT2D eigenvalue weighted by Crippen LogP contribution is -2.13. The summed E-state index contributed by atoms with van der Waals surface area (Å²) in [5.74, 6) is 1.64. The van der Waals surface area contributed by atoms with E-state index in [9.17, 15) is 4.39 Å². The third-order valence-electron chi connectivity index (χ3n) is 5.73. The maximum absolute atomic E-state index is 14.7. The van der Waals surface area contributed by atoms with Crippen LogP contribution in [0.3, 0.4) is 0 Å². The predicted octanol–water partition coefficient (Wildman–Crippen LogP) is 3.20. The van der Waals surface area contributed by atoms with E-state index in [2.05, 4.69) is 25.5 Å². The first-order valence-electron chi connectivity index (χ1n) is 10.4. The van der Waals surface area contributed by atoms with Crippen LogP contribution >= 0.6 is 0 Å². The molecule has 10 heteroatoms. The molecule has 0 spiro atoms. The number of nitrogens with zero attached hydrogens (tertiary/aromatic N) is 5. The van der Waals surface area contributed by atoms with E-state index >= 15 is 0 Å². The molecule has 0 saturated heterocycles. The van der Waals surface area contributed by atoms with Crippen LogP contribution in [0.15, 0.2) is 36.9 Å². The van der Waals surface area contributed by atoms with E-state index in [-0.39, 0.29) is 18.3 Å². The van der Waals surface area contributed by atoms with Gasteiger partial charge in [-0.1, -0.05) is 0 Å². The molecule has 3 aromatic heterocycles. The molecule has 2 aliphatic heterocycles. The first-order valence-corrected chi connectivity index (χ1v) is 10.4. The van der Waals surface area contributed by atoms with Crippen molar-refractivity contribution in [2.45, 2.75) is 19.4 Å². The van der Waals surface area contributed by atoms with Crippen LogP contribution in [0.5, 0.6) is 17.5 Å². The summed E-state index contributed by atoms with van der Waals surface area (Å²) >= 11 is 0. The zero-order chi connectivity index (χ0) is 21.7. The van der Waals surface area contributed by atoms with Gasteiger partial charge in [0.2, 0.25) is 0 Å². The molecule has 0 unspecified atom stereocenters. The number of rotatable bonds is 3. The van der Waals surface area contributed by atoms with Gasteiger partial charge in [0.05, 0.1) is 25.7 Å². The molecular formula is C22H19FN6O3. The summed E-state index contributed by atoms with van der Waals surface area (Å²) in [7, 11) is 0. The SMILES string of the molecule is CCOc1ncc(-c2cc3c(n4cnnc24)NCc2c(F)ccc4c2[C@@H](CO4)CO3)cn1. The molecule has 6 rings (SSSR count). The Bertz CT molecular complexity index is 1320. The maximum atomic E-state index is 14.7. The van der Waals surface area contributed by atoms with Crippen LogP contribution in [-0.4, -0.2) is 44.4 Å². The average Bonchev–Trinajstić information content (AvgIpc) is 3.46. The molecule has 32 heavy (non-hydrogen) atoms. The van der Waals surface area contributed by atoms with Gasteiger partial charge in [-0.15, -0.1) is 10.2 Å². The highest BCUT2D eigenvalue weighted by Gasteiger charge is 2.31. The topological polar surface area (TPSA) is 95.7 Å². The lowest BCUT2D eigenvalue weighted by atomic mass is 9.96. The Labute approximate surface area is 182 Å². The van der Waals surface area contributed by atoms with Crippen LogP contribution in [0.2, 0.25) is 0 Å². The van der Waals surface area contributed by atoms with Gasteiger partial charge in [-0.3, -0.25) is 4.40 Å². The zero-order valence-electron chi connectivity index (χ0n) is 17.2. The van der Waals surface area contributed by atoms with Crippen molar-refractivity contribution in [1.82, 2.24) is 24.6 Å². The first-order chi connectivity index (χ1) is 15.7. The van der Waals surface area contributed by atoms with Gasteiger partial charge in [-0.05, 0) is 25.1 Å². The lowest BCUT2D eigenvalue weighted by molar-refractivity contribution is 0.249. The summed E-state index contributed by atoms with van der Waals surface area (Å²) in [5.41, 5.74) is 3.57. The van der Waals surface area contributed by atoms with Gasteiger partial charge in [0.15, 0.2) is 17.2 Å². The molecular weight excluding hydrogens is 415 g/mol. The van der Waals surface area contributed by atoms with Crippen molar-refractivity contribution in [3.63, 3.8) is 0 Å². The molecule has 0 amide bonds. The minimum absolute atomic E-state index is 0.0580. The van der Waals surface area contributed by atoms with Gasteiger partial charge < -0.3 is 19.5 Å². The second-order valence-corrected chi connectivity index (χ2v) is 7.59. The van der Waals surface area contributed by atoms with Gasteiger partial charge in [0.25, 0.3) is 0 Å². The number of fused-ring (bicyclic) bond motifs is 3. The zero-order valence-corrected chi connectivity index (χ0v) is 17.2. The van der Waals surface area contributed by atoms with Gasteiger partial charge in [-0.2, -0.15) is 0 Å². The number of ether oxygens (including phenoxy) is 3. The largest absolute Gasteiger partial charge is 0.493 e. The summed E-state index contributed by atoms with van der Waals surface area (Å²) in [4.78, 5) is 8.52. The number of pyridine rings is 1. The molecule has 1 aromatic carbocycles. The summed E-state index contributed by atoms with van der Waals surface area (Å²) in [6.45, 7) is 3.45. The second kappa shape index (κ2) is 7.33. The number of nitrogens with one attached hydrogen (secondary N) is 1. The number of anilines is 1. The Morgan fingerprint density at radius 3 is 2.81 bits per heavy atom. The van der Waals surface area contributed by atoms with E-state index in [0.717, 1.165) is 16.7 Å². The Balaban J connectivity index is 1.46. The smallest absolute Gasteiger partial charge is 0.316 e. The quantitative estimate of drug-likeness (QED) is 0.525. The van der Waals surface area contributed by atoms with Crippen LogP contribution < -0.4 is 19.5 Å². The highest BCUT2D eigenvalue weighted by molar-refractivity contribution is 5.81. The number of hydrogen-bond acceptors (Lipinski definition) is 8. The normalized spacial score (nSPS) is 16.6. The molecule has 2 aliphatic rings. The van der Waals surface area contributed by atoms with Gasteiger partial charge >= 0.3 is 6.01 Å². The van der Waals surface area contributed by atoms with Crippen LogP contribution in [-0.2, 0) is 6.54 Å². The molecule has 1 N–H and O–H groups in total. The van der Waals surface area contributed by atoms with Crippen molar-refractivity contribution >= 4 is 11.5 Å². The average molecular weight is 434 g/mol. The highest BCUT2D eigenvalue weighted by Crippen LogP contribution is 2.41. The molecule has 5 heterocycles. The maximum Gasteiger partial charge on any atom is 0.316 e. The summed E-state index contributed by atoms with van der Waals surface area (Å²) < 4.78 is 33.9. The molecule has 4 aromatic rings. The summed E-state index contributed by atoms with van der Waals surface area (Å²) in [6.07, 6.45) is 4.96. The minimum Gasteiger partial charge on any atom is -0.493 e. The van der Waals surface area contributed by atoms with E-state index in [1.807, 2.05) is 13.0 Å². The summed E-state index contributed by atoms with van der Waals surface area (Å²) in [5, 5.41) is 11.7. The third kappa shape index (κ3) is 2.90. The van der Waals surface area contributed by atoms with Crippen LogP contribution in [0.4, 0.5) is 10.2 Å². The van der Waals surface area contributed by atoms with Crippen molar-refractivity contribution in [2.24, 2.45) is 0 Å². The van der Waals surface area contributed by atoms with Crippen LogP contribution in [0.1, 0.15) is 24.0 Å². The van der Waals surface area contributed by atoms with Crippen molar-refractivity contribution in [2.75, 3.05) is 25.1 Å². The van der Waals surface area contributed by atoms with Gasteiger partial charge in [0, 0.05) is 41.2 Å². The molecule has 1 atom stereocenters. The Kier molecular flexibility index (Phi) is 4.30. The van der Waals surface area contributed by atoms with Crippen LogP contribution in [0.25, 0.3) is 16.8 Å². The van der Waals surface area contributed by atoms with Crippen LogP contribution in [0, 0.1) is 5.82 Å². The van der Waals surface area contributed by atoms with Crippen molar-refractivity contribution in [3.05, 3.63) is 53.9 Å². The Morgan fingerprint density at radius 2 is 2.00 bits per heavy atom. The number of aromatic nitrogens is 5. The minimum atomic E-state index is -0.265. The number of benzene rings is 1. The molecule has 9 nitrogen and oxygen atoms in total. The fourth-order valence-corrected chi connectivity index (χ4v) is 4.26. The second-order valence-electron chi connectivity index (χ2n) is 7.59. The van der Waals surface area contributed by atoms with Gasteiger partial charge in [-0.25, -0.2) is 14.4 Å². The van der Waals surface area contributed by atoms with E-state index in [4.69, 9.17) is 14.2 Å². The Hall–Kier alpha value is -3.95. The summed E-state index contributed by atoms with van der Waals surface area (Å²) in [6, 6.07) is 5.32. The van der Waals surface area contributed by atoms with Crippen molar-refractivity contribution < 1.29 is 18.6 Å². The molecule has 0 aliphatic carbocycles. The number of hydrogen-bond donors (Lipinski definition) is 1. The first kappa shape index (κ1) is 18.8. The van der Waals surface area contributed by atoms with E-state index in [0.29, 0.717) is 54.4 Å². The fraction of sp³-hybridized carbons (Fsp3) is 0.273. The van der Waals surface area contributed by atoms with E-state index in [1.165, 1.54) is 6.07 Å². The molecule has 0 radical (unpaired) electrons. The fourth-order valence-electron chi connectivity index (χ4n) is 4.26.